The molecule has 0 aromatic heterocycles. The number of nitrogens with one attached hydrogen (secondary N) is 1. The minimum atomic E-state index is -4.12. The molecule has 0 saturated heterocycles. The van der Waals surface area contributed by atoms with Crippen LogP contribution in [-0.4, -0.2) is 29.6 Å². The molecule has 2 aromatic rings. The van der Waals surface area contributed by atoms with Gasteiger partial charge in [-0.15, -0.1) is 0 Å². The van der Waals surface area contributed by atoms with E-state index in [1.54, 1.807) is 12.1 Å². The fourth-order valence-electron chi connectivity index (χ4n) is 2.82. The van der Waals surface area contributed by atoms with Crippen molar-refractivity contribution in [2.24, 2.45) is 0 Å². The first-order chi connectivity index (χ1) is 11.7. The Morgan fingerprint density at radius 3 is 2.48 bits per heavy atom. The van der Waals surface area contributed by atoms with Crippen LogP contribution in [0.25, 0.3) is 0 Å². The molecule has 0 bridgehead atoms. The third kappa shape index (κ3) is 3.62. The molecule has 134 valence electrons. The van der Waals surface area contributed by atoms with Gasteiger partial charge in [-0.25, -0.2) is 21.2 Å². The summed E-state index contributed by atoms with van der Waals surface area (Å²) < 4.78 is 66.0. The van der Waals surface area contributed by atoms with Crippen molar-refractivity contribution < 1.29 is 21.2 Å². The standard InChI is InChI=1S/C16H17FN2O4S2/c1-24(20,21)19-10-4-5-12-8-9-13(11-15(12)19)18-25(22,23)16-7-3-2-6-14(16)17/h2-3,6-9,11,18H,4-5,10H2,1H3. The number of hydrogen-bond acceptors (Lipinski definition) is 4. The maximum atomic E-state index is 13.8. The topological polar surface area (TPSA) is 83.6 Å². The highest BCUT2D eigenvalue weighted by Crippen LogP contribution is 2.32. The lowest BCUT2D eigenvalue weighted by Crippen LogP contribution is -2.34. The van der Waals surface area contributed by atoms with Crippen LogP contribution in [-0.2, 0) is 26.5 Å². The van der Waals surface area contributed by atoms with Gasteiger partial charge in [0.15, 0.2) is 0 Å². The van der Waals surface area contributed by atoms with Gasteiger partial charge in [0.25, 0.3) is 10.0 Å². The van der Waals surface area contributed by atoms with Crippen LogP contribution in [0.2, 0.25) is 0 Å². The number of fused-ring (bicyclic) bond motifs is 1. The normalized spacial score (nSPS) is 14.9. The van der Waals surface area contributed by atoms with E-state index < -0.39 is 30.8 Å². The van der Waals surface area contributed by atoms with Crippen LogP contribution in [0.15, 0.2) is 47.4 Å². The third-order valence-electron chi connectivity index (χ3n) is 3.94. The van der Waals surface area contributed by atoms with Crippen molar-refractivity contribution in [3.05, 3.63) is 53.8 Å². The van der Waals surface area contributed by atoms with E-state index in [0.717, 1.165) is 17.9 Å². The highest BCUT2D eigenvalue weighted by molar-refractivity contribution is 7.92. The Morgan fingerprint density at radius 1 is 1.08 bits per heavy atom. The van der Waals surface area contributed by atoms with Crippen LogP contribution >= 0.6 is 0 Å². The minimum absolute atomic E-state index is 0.178. The molecule has 1 heterocycles. The van der Waals surface area contributed by atoms with E-state index in [4.69, 9.17) is 0 Å². The molecule has 1 N–H and O–H groups in total. The van der Waals surface area contributed by atoms with Gasteiger partial charge in [0, 0.05) is 6.54 Å². The largest absolute Gasteiger partial charge is 0.279 e. The fraction of sp³-hybridized carbons (Fsp3) is 0.250. The van der Waals surface area contributed by atoms with Gasteiger partial charge < -0.3 is 0 Å². The molecule has 0 fully saturated rings. The molecule has 0 spiro atoms. The van der Waals surface area contributed by atoms with Crippen LogP contribution in [0.1, 0.15) is 12.0 Å². The summed E-state index contributed by atoms with van der Waals surface area (Å²) in [4.78, 5) is -0.465. The summed E-state index contributed by atoms with van der Waals surface area (Å²) in [7, 11) is -7.58. The van der Waals surface area contributed by atoms with Crippen molar-refractivity contribution in [1.29, 1.82) is 0 Å². The van der Waals surface area contributed by atoms with Crippen LogP contribution in [0.4, 0.5) is 15.8 Å². The number of rotatable bonds is 4. The summed E-state index contributed by atoms with van der Waals surface area (Å²) in [6.45, 7) is 0.343. The van der Waals surface area contributed by atoms with E-state index in [1.807, 2.05) is 0 Å². The molecule has 3 rings (SSSR count). The number of aryl methyl sites for hydroxylation is 1. The second-order valence-corrected chi connectivity index (χ2v) is 9.38. The van der Waals surface area contributed by atoms with E-state index in [9.17, 15) is 21.2 Å². The molecular formula is C16H17FN2O4S2. The molecule has 9 heteroatoms. The third-order valence-corrected chi connectivity index (χ3v) is 6.53. The quantitative estimate of drug-likeness (QED) is 0.877. The van der Waals surface area contributed by atoms with Gasteiger partial charge in [-0.1, -0.05) is 18.2 Å². The minimum Gasteiger partial charge on any atom is -0.279 e. The second-order valence-electron chi connectivity index (χ2n) is 5.82. The molecule has 6 nitrogen and oxygen atoms in total. The zero-order chi connectivity index (χ0) is 18.2. The zero-order valence-corrected chi connectivity index (χ0v) is 15.1. The van der Waals surface area contributed by atoms with Crippen molar-refractivity contribution >= 4 is 31.4 Å². The lowest BCUT2D eigenvalue weighted by molar-refractivity contribution is 0.570. The number of halogens is 1. The summed E-state index contributed by atoms with van der Waals surface area (Å²) in [5.74, 6) is -0.856. The number of sulfonamides is 2. The molecule has 0 unspecified atom stereocenters. The van der Waals surface area contributed by atoms with Gasteiger partial charge in [-0.2, -0.15) is 0 Å². The Labute approximate surface area is 146 Å². The first kappa shape index (κ1) is 17.7. The summed E-state index contributed by atoms with van der Waals surface area (Å²) in [6.07, 6.45) is 2.51. The van der Waals surface area contributed by atoms with E-state index >= 15 is 0 Å². The van der Waals surface area contributed by atoms with Crippen LogP contribution in [0.5, 0.6) is 0 Å². The van der Waals surface area contributed by atoms with Gasteiger partial charge in [0.1, 0.15) is 10.7 Å². The molecule has 0 atom stereocenters. The Morgan fingerprint density at radius 2 is 1.80 bits per heavy atom. The summed E-state index contributed by atoms with van der Waals surface area (Å²) in [5.41, 5.74) is 1.45. The lowest BCUT2D eigenvalue weighted by Gasteiger charge is -2.29. The molecule has 0 aliphatic carbocycles. The molecule has 0 saturated carbocycles. The number of nitrogens with zero attached hydrogens (tertiary/aromatic N) is 1. The smallest absolute Gasteiger partial charge is 0.264 e. The number of hydrogen-bond donors (Lipinski definition) is 1. The average Bonchev–Trinajstić information content (AvgIpc) is 2.53. The second kappa shape index (κ2) is 6.30. The fourth-order valence-corrected chi connectivity index (χ4v) is 4.94. The Hall–Kier alpha value is -2.13. The van der Waals surface area contributed by atoms with Crippen molar-refractivity contribution in [3.8, 4) is 0 Å². The average molecular weight is 384 g/mol. The maximum absolute atomic E-state index is 13.8. The highest BCUT2D eigenvalue weighted by atomic mass is 32.2. The molecule has 1 aliphatic heterocycles. The van der Waals surface area contributed by atoms with E-state index in [0.29, 0.717) is 25.1 Å². The highest BCUT2D eigenvalue weighted by Gasteiger charge is 2.25. The van der Waals surface area contributed by atoms with E-state index in [-0.39, 0.29) is 5.69 Å². The van der Waals surface area contributed by atoms with Crippen molar-refractivity contribution in [1.82, 2.24) is 0 Å². The van der Waals surface area contributed by atoms with Gasteiger partial charge in [-0.05, 0) is 42.7 Å². The summed E-state index contributed by atoms with van der Waals surface area (Å²) >= 11 is 0. The van der Waals surface area contributed by atoms with Crippen LogP contribution in [0.3, 0.4) is 0 Å². The van der Waals surface area contributed by atoms with Crippen LogP contribution in [0, 0.1) is 5.82 Å². The molecule has 1 aliphatic rings. The maximum Gasteiger partial charge on any atom is 0.264 e. The van der Waals surface area contributed by atoms with Gasteiger partial charge in [0.2, 0.25) is 10.0 Å². The van der Waals surface area contributed by atoms with Crippen LogP contribution < -0.4 is 9.03 Å². The van der Waals surface area contributed by atoms with Crippen molar-refractivity contribution in [2.75, 3.05) is 21.8 Å². The predicted molar refractivity (Wildman–Crippen MR) is 94.2 cm³/mol. The summed E-state index contributed by atoms with van der Waals surface area (Å²) in [5, 5.41) is 0. The lowest BCUT2D eigenvalue weighted by atomic mass is 10.0. The Bertz CT molecular complexity index is 1020. The zero-order valence-electron chi connectivity index (χ0n) is 13.4. The molecule has 2 aromatic carbocycles. The monoisotopic (exact) mass is 384 g/mol. The van der Waals surface area contributed by atoms with Crippen molar-refractivity contribution in [3.63, 3.8) is 0 Å². The van der Waals surface area contributed by atoms with E-state index in [2.05, 4.69) is 4.72 Å². The number of benzene rings is 2. The first-order valence-electron chi connectivity index (χ1n) is 7.56. The first-order valence-corrected chi connectivity index (χ1v) is 10.9. The molecule has 25 heavy (non-hydrogen) atoms. The molecular weight excluding hydrogens is 367 g/mol. The van der Waals surface area contributed by atoms with Gasteiger partial charge in [-0.3, -0.25) is 9.03 Å². The predicted octanol–water partition coefficient (Wildman–Crippen LogP) is 2.34. The van der Waals surface area contributed by atoms with Gasteiger partial charge in [0.05, 0.1) is 17.6 Å². The van der Waals surface area contributed by atoms with E-state index in [1.165, 1.54) is 28.6 Å². The Kier molecular flexibility index (Phi) is 4.46. The van der Waals surface area contributed by atoms with Crippen molar-refractivity contribution in [2.45, 2.75) is 17.7 Å². The number of anilines is 2. The Balaban J connectivity index is 1.99. The molecule has 0 radical (unpaired) electrons. The SMILES string of the molecule is CS(=O)(=O)N1CCCc2ccc(NS(=O)(=O)c3ccccc3F)cc21. The van der Waals surface area contributed by atoms with Gasteiger partial charge >= 0.3 is 0 Å². The molecule has 0 amide bonds. The summed E-state index contributed by atoms with van der Waals surface area (Å²) in [6, 6.07) is 9.75.